The standard InChI is InChI=1S/C16H14N2O2/c1-18-15(10-19)13-8-7-12(20)9-14(13)17-16(18)11-5-3-2-4-6-11/h2-10,15,20H,1H3. The van der Waals surface area contributed by atoms with Gasteiger partial charge in [-0.2, -0.15) is 0 Å². The Bertz CT molecular complexity index is 680. The summed E-state index contributed by atoms with van der Waals surface area (Å²) in [4.78, 5) is 17.9. The van der Waals surface area contributed by atoms with Gasteiger partial charge in [-0.1, -0.05) is 36.4 Å². The number of carbonyl (C=O) groups excluding carboxylic acids is 1. The number of aldehydes is 1. The van der Waals surface area contributed by atoms with Crippen molar-refractivity contribution in [2.24, 2.45) is 4.99 Å². The highest BCUT2D eigenvalue weighted by atomic mass is 16.3. The van der Waals surface area contributed by atoms with E-state index >= 15 is 0 Å². The number of phenolic OH excluding ortho intramolecular Hbond substituents is 1. The molecule has 0 amide bonds. The molecule has 2 aromatic rings. The third kappa shape index (κ3) is 1.95. The van der Waals surface area contributed by atoms with Crippen molar-refractivity contribution in [3.05, 3.63) is 59.7 Å². The van der Waals surface area contributed by atoms with Crippen molar-refractivity contribution < 1.29 is 9.90 Å². The smallest absolute Gasteiger partial charge is 0.147 e. The van der Waals surface area contributed by atoms with Crippen molar-refractivity contribution in [3.63, 3.8) is 0 Å². The average molecular weight is 266 g/mol. The zero-order valence-electron chi connectivity index (χ0n) is 11.0. The molecule has 20 heavy (non-hydrogen) atoms. The lowest BCUT2D eigenvalue weighted by molar-refractivity contribution is -0.111. The molecule has 0 spiro atoms. The van der Waals surface area contributed by atoms with Gasteiger partial charge in [0.1, 0.15) is 23.9 Å². The van der Waals surface area contributed by atoms with Crippen LogP contribution in [0.15, 0.2) is 53.5 Å². The summed E-state index contributed by atoms with van der Waals surface area (Å²) in [6, 6.07) is 14.2. The predicted octanol–water partition coefficient (Wildman–Crippen LogP) is 2.66. The first-order valence-electron chi connectivity index (χ1n) is 6.36. The topological polar surface area (TPSA) is 52.9 Å². The SMILES string of the molecule is CN1C(c2ccccc2)=Nc2cc(O)ccc2C1C=O. The number of hydrogen-bond donors (Lipinski definition) is 1. The third-order valence-corrected chi connectivity index (χ3v) is 3.47. The molecular weight excluding hydrogens is 252 g/mol. The highest BCUT2D eigenvalue weighted by Gasteiger charge is 2.27. The molecule has 4 heteroatoms. The van der Waals surface area contributed by atoms with Gasteiger partial charge in [0.15, 0.2) is 0 Å². The molecule has 1 unspecified atom stereocenters. The number of fused-ring (bicyclic) bond motifs is 1. The van der Waals surface area contributed by atoms with Crippen LogP contribution in [0, 0.1) is 0 Å². The number of rotatable bonds is 2. The number of hydrogen-bond acceptors (Lipinski definition) is 4. The molecule has 1 heterocycles. The normalized spacial score (nSPS) is 17.4. The number of aliphatic imine (C=N–C) groups is 1. The van der Waals surface area contributed by atoms with Crippen molar-refractivity contribution >= 4 is 17.8 Å². The van der Waals surface area contributed by atoms with E-state index in [0.717, 1.165) is 23.2 Å². The number of carbonyl (C=O) groups is 1. The van der Waals surface area contributed by atoms with Crippen LogP contribution in [0.25, 0.3) is 0 Å². The molecule has 1 aliphatic heterocycles. The number of likely N-dealkylation sites (N-methyl/N-ethyl adjacent to an activating group) is 1. The van der Waals surface area contributed by atoms with E-state index in [0.29, 0.717) is 5.69 Å². The number of amidine groups is 1. The molecule has 0 bridgehead atoms. The summed E-state index contributed by atoms with van der Waals surface area (Å²) in [5.74, 6) is 0.870. The second kappa shape index (κ2) is 4.81. The molecule has 0 radical (unpaired) electrons. The van der Waals surface area contributed by atoms with Crippen LogP contribution >= 0.6 is 0 Å². The number of nitrogens with zero attached hydrogens (tertiary/aromatic N) is 2. The Morgan fingerprint density at radius 2 is 1.95 bits per heavy atom. The van der Waals surface area contributed by atoms with Crippen LogP contribution in [0.4, 0.5) is 5.69 Å². The number of aromatic hydroxyl groups is 1. The molecule has 3 rings (SSSR count). The maximum atomic E-state index is 11.4. The van der Waals surface area contributed by atoms with E-state index in [1.807, 2.05) is 42.3 Å². The van der Waals surface area contributed by atoms with E-state index in [-0.39, 0.29) is 5.75 Å². The Balaban J connectivity index is 2.18. The Morgan fingerprint density at radius 1 is 1.20 bits per heavy atom. The zero-order valence-corrected chi connectivity index (χ0v) is 11.0. The number of benzene rings is 2. The van der Waals surface area contributed by atoms with Crippen LogP contribution in [0.2, 0.25) is 0 Å². The van der Waals surface area contributed by atoms with Gasteiger partial charge in [0.2, 0.25) is 0 Å². The minimum absolute atomic E-state index is 0.147. The Hall–Kier alpha value is -2.62. The monoisotopic (exact) mass is 266 g/mol. The quantitative estimate of drug-likeness (QED) is 0.850. The lowest BCUT2D eigenvalue weighted by Crippen LogP contribution is -2.35. The highest BCUT2D eigenvalue weighted by Crippen LogP contribution is 2.36. The zero-order chi connectivity index (χ0) is 14.1. The van der Waals surface area contributed by atoms with E-state index < -0.39 is 6.04 Å². The Labute approximate surface area is 117 Å². The maximum absolute atomic E-state index is 11.4. The van der Waals surface area contributed by atoms with Gasteiger partial charge in [0.05, 0.1) is 5.69 Å². The van der Waals surface area contributed by atoms with Gasteiger partial charge in [-0.3, -0.25) is 0 Å². The van der Waals surface area contributed by atoms with Crippen LogP contribution in [0.5, 0.6) is 5.75 Å². The summed E-state index contributed by atoms with van der Waals surface area (Å²) >= 11 is 0. The van der Waals surface area contributed by atoms with Gasteiger partial charge in [-0.05, 0) is 6.07 Å². The molecule has 0 saturated heterocycles. The molecule has 0 aliphatic carbocycles. The van der Waals surface area contributed by atoms with Crippen molar-refractivity contribution in [1.29, 1.82) is 0 Å². The van der Waals surface area contributed by atoms with Gasteiger partial charge in [-0.25, -0.2) is 4.99 Å². The average Bonchev–Trinajstić information content (AvgIpc) is 2.48. The highest BCUT2D eigenvalue weighted by molar-refractivity contribution is 6.03. The van der Waals surface area contributed by atoms with Crippen LogP contribution in [0.3, 0.4) is 0 Å². The fourth-order valence-corrected chi connectivity index (χ4v) is 2.43. The maximum Gasteiger partial charge on any atom is 0.147 e. The lowest BCUT2D eigenvalue weighted by atomic mass is 10.0. The summed E-state index contributed by atoms with van der Waals surface area (Å²) in [7, 11) is 1.85. The van der Waals surface area contributed by atoms with Crippen molar-refractivity contribution in [3.8, 4) is 5.75 Å². The van der Waals surface area contributed by atoms with E-state index in [2.05, 4.69) is 4.99 Å². The Kier molecular flexibility index (Phi) is 2.99. The first-order valence-corrected chi connectivity index (χ1v) is 6.36. The summed E-state index contributed by atoms with van der Waals surface area (Å²) in [5.41, 5.74) is 2.38. The molecule has 0 saturated carbocycles. The van der Waals surface area contributed by atoms with Crippen molar-refractivity contribution in [1.82, 2.24) is 4.90 Å². The van der Waals surface area contributed by atoms with Crippen LogP contribution in [-0.4, -0.2) is 29.2 Å². The van der Waals surface area contributed by atoms with Gasteiger partial charge < -0.3 is 14.8 Å². The molecule has 1 atom stereocenters. The van der Waals surface area contributed by atoms with Crippen molar-refractivity contribution in [2.75, 3.05) is 7.05 Å². The Morgan fingerprint density at radius 3 is 2.65 bits per heavy atom. The molecule has 4 nitrogen and oxygen atoms in total. The largest absolute Gasteiger partial charge is 0.508 e. The molecule has 100 valence electrons. The molecule has 0 aromatic heterocycles. The second-order valence-electron chi connectivity index (χ2n) is 4.74. The first-order chi connectivity index (χ1) is 9.70. The summed E-state index contributed by atoms with van der Waals surface area (Å²) in [5, 5.41) is 9.60. The van der Waals surface area contributed by atoms with Gasteiger partial charge in [0.25, 0.3) is 0 Å². The van der Waals surface area contributed by atoms with Crippen LogP contribution in [0.1, 0.15) is 17.2 Å². The molecule has 1 N–H and O–H groups in total. The predicted molar refractivity (Wildman–Crippen MR) is 77.3 cm³/mol. The second-order valence-corrected chi connectivity index (χ2v) is 4.74. The summed E-state index contributed by atoms with van der Waals surface area (Å²) in [6.07, 6.45) is 0.896. The van der Waals surface area contributed by atoms with Crippen LogP contribution < -0.4 is 0 Å². The molecule has 1 aliphatic rings. The minimum Gasteiger partial charge on any atom is -0.508 e. The fourth-order valence-electron chi connectivity index (χ4n) is 2.43. The fraction of sp³-hybridized carbons (Fsp3) is 0.125. The summed E-state index contributed by atoms with van der Waals surface area (Å²) < 4.78 is 0. The van der Waals surface area contributed by atoms with Gasteiger partial charge in [0, 0.05) is 24.2 Å². The van der Waals surface area contributed by atoms with E-state index in [9.17, 15) is 9.90 Å². The molecular formula is C16H14N2O2. The number of phenols is 1. The van der Waals surface area contributed by atoms with Crippen LogP contribution in [-0.2, 0) is 4.79 Å². The lowest BCUT2D eigenvalue weighted by Gasteiger charge is -2.32. The summed E-state index contributed by atoms with van der Waals surface area (Å²) in [6.45, 7) is 0. The minimum atomic E-state index is -0.390. The first kappa shape index (κ1) is 12.4. The van der Waals surface area contributed by atoms with Gasteiger partial charge >= 0.3 is 0 Å². The molecule has 2 aromatic carbocycles. The van der Waals surface area contributed by atoms with E-state index in [1.165, 1.54) is 0 Å². The van der Waals surface area contributed by atoms with Crippen molar-refractivity contribution in [2.45, 2.75) is 6.04 Å². The third-order valence-electron chi connectivity index (χ3n) is 3.47. The molecule has 0 fully saturated rings. The van der Waals surface area contributed by atoms with E-state index in [1.54, 1.807) is 18.2 Å². The van der Waals surface area contributed by atoms with E-state index in [4.69, 9.17) is 0 Å². The van der Waals surface area contributed by atoms with Gasteiger partial charge in [-0.15, -0.1) is 0 Å².